The number of carbonyl (C=O) groups is 2. The van der Waals surface area contributed by atoms with Crippen molar-refractivity contribution in [2.45, 2.75) is 6.42 Å². The first-order valence-electron chi connectivity index (χ1n) is 2.29. The SMILES string of the molecule is C=C1OC(=O)CC(=O)O1. The molecule has 48 valence electrons. The fraction of sp³-hybridized carbons (Fsp3) is 0.200. The van der Waals surface area contributed by atoms with Gasteiger partial charge in [-0.15, -0.1) is 0 Å². The van der Waals surface area contributed by atoms with Gasteiger partial charge in [0.2, 0.25) is 0 Å². The van der Waals surface area contributed by atoms with Crippen molar-refractivity contribution in [2.24, 2.45) is 0 Å². The fourth-order valence-corrected chi connectivity index (χ4v) is 0.465. The van der Waals surface area contributed by atoms with Crippen LogP contribution in [0.3, 0.4) is 0 Å². The summed E-state index contributed by atoms with van der Waals surface area (Å²) in [5.41, 5.74) is 0. The van der Waals surface area contributed by atoms with Crippen molar-refractivity contribution in [2.75, 3.05) is 0 Å². The van der Waals surface area contributed by atoms with Gasteiger partial charge in [-0.1, -0.05) is 0 Å². The first-order valence-corrected chi connectivity index (χ1v) is 2.29. The largest absolute Gasteiger partial charge is 0.393 e. The minimum Gasteiger partial charge on any atom is -0.393 e. The summed E-state index contributed by atoms with van der Waals surface area (Å²) >= 11 is 0. The van der Waals surface area contributed by atoms with Gasteiger partial charge < -0.3 is 9.47 Å². The Balaban J connectivity index is 2.64. The van der Waals surface area contributed by atoms with Crippen LogP contribution in [-0.4, -0.2) is 11.9 Å². The van der Waals surface area contributed by atoms with E-state index in [0.29, 0.717) is 0 Å². The Morgan fingerprint density at radius 1 is 1.22 bits per heavy atom. The average Bonchev–Trinajstić information content (AvgIpc) is 1.59. The number of esters is 2. The minimum atomic E-state index is -0.615. The second-order valence-corrected chi connectivity index (χ2v) is 1.50. The summed E-state index contributed by atoms with van der Waals surface area (Å²) in [5.74, 6) is -1.47. The number of hydrogen-bond donors (Lipinski definition) is 0. The Bertz CT molecular complexity index is 136. The molecule has 1 fully saturated rings. The van der Waals surface area contributed by atoms with E-state index in [1.807, 2.05) is 0 Å². The van der Waals surface area contributed by atoms with Gasteiger partial charge in [0, 0.05) is 0 Å². The molecule has 1 rings (SSSR count). The summed E-state index contributed by atoms with van der Waals surface area (Å²) in [6.45, 7) is 3.13. The molecule has 1 saturated heterocycles. The zero-order chi connectivity index (χ0) is 6.85. The van der Waals surface area contributed by atoms with E-state index in [9.17, 15) is 9.59 Å². The van der Waals surface area contributed by atoms with Crippen molar-refractivity contribution >= 4 is 11.9 Å². The van der Waals surface area contributed by atoms with E-state index in [-0.39, 0.29) is 12.4 Å². The Labute approximate surface area is 51.1 Å². The van der Waals surface area contributed by atoms with Gasteiger partial charge in [0.15, 0.2) is 0 Å². The van der Waals surface area contributed by atoms with Crippen LogP contribution < -0.4 is 0 Å². The van der Waals surface area contributed by atoms with Crippen LogP contribution >= 0.6 is 0 Å². The van der Waals surface area contributed by atoms with E-state index in [0.717, 1.165) is 0 Å². The van der Waals surface area contributed by atoms with E-state index < -0.39 is 11.9 Å². The predicted molar refractivity (Wildman–Crippen MR) is 25.9 cm³/mol. The van der Waals surface area contributed by atoms with Crippen molar-refractivity contribution in [3.63, 3.8) is 0 Å². The maximum absolute atomic E-state index is 10.3. The molecule has 9 heavy (non-hydrogen) atoms. The number of rotatable bonds is 0. The van der Waals surface area contributed by atoms with Crippen LogP contribution in [0.2, 0.25) is 0 Å². The highest BCUT2D eigenvalue weighted by molar-refractivity contribution is 5.93. The van der Waals surface area contributed by atoms with Gasteiger partial charge in [-0.2, -0.15) is 0 Å². The average molecular weight is 128 g/mol. The van der Waals surface area contributed by atoms with E-state index in [2.05, 4.69) is 16.1 Å². The highest BCUT2D eigenvalue weighted by Crippen LogP contribution is 2.07. The summed E-state index contributed by atoms with van der Waals surface area (Å²) in [6.07, 6.45) is -0.320. The molecule has 0 aromatic rings. The summed E-state index contributed by atoms with van der Waals surface area (Å²) in [5, 5.41) is 0. The summed E-state index contributed by atoms with van der Waals surface area (Å²) in [4.78, 5) is 20.6. The zero-order valence-corrected chi connectivity index (χ0v) is 4.55. The lowest BCUT2D eigenvalue weighted by Gasteiger charge is -2.11. The quantitative estimate of drug-likeness (QED) is 0.339. The van der Waals surface area contributed by atoms with Crippen LogP contribution in [0.15, 0.2) is 12.5 Å². The van der Waals surface area contributed by atoms with E-state index in [1.165, 1.54) is 0 Å². The summed E-state index contributed by atoms with van der Waals surface area (Å²) < 4.78 is 8.56. The molecular weight excluding hydrogens is 124 g/mol. The van der Waals surface area contributed by atoms with Crippen LogP contribution in [0.25, 0.3) is 0 Å². The number of carbonyl (C=O) groups excluding carboxylic acids is 2. The van der Waals surface area contributed by atoms with Crippen LogP contribution in [0.4, 0.5) is 0 Å². The first kappa shape index (κ1) is 5.81. The van der Waals surface area contributed by atoms with Crippen LogP contribution in [0.5, 0.6) is 0 Å². The molecule has 0 radical (unpaired) electrons. The molecule has 0 aromatic carbocycles. The van der Waals surface area contributed by atoms with Gasteiger partial charge >= 0.3 is 11.9 Å². The van der Waals surface area contributed by atoms with Crippen LogP contribution in [0.1, 0.15) is 6.42 Å². The van der Waals surface area contributed by atoms with Crippen molar-refractivity contribution in [1.29, 1.82) is 0 Å². The Kier molecular flexibility index (Phi) is 1.22. The standard InChI is InChI=1S/C5H4O4/c1-3-8-4(6)2-5(7)9-3/h1-2H2. The van der Waals surface area contributed by atoms with Gasteiger partial charge in [0.05, 0.1) is 0 Å². The molecule has 0 saturated carbocycles. The van der Waals surface area contributed by atoms with Crippen LogP contribution in [0, 0.1) is 0 Å². The lowest BCUT2D eigenvalue weighted by atomic mass is 10.4. The van der Waals surface area contributed by atoms with Gasteiger partial charge in [-0.25, -0.2) is 0 Å². The predicted octanol–water partition coefficient (Wildman–Crippen LogP) is -0.0523. The highest BCUT2D eigenvalue weighted by atomic mass is 16.7. The topological polar surface area (TPSA) is 52.6 Å². The first-order chi connectivity index (χ1) is 4.18. The molecule has 1 aliphatic heterocycles. The van der Waals surface area contributed by atoms with Crippen LogP contribution in [-0.2, 0) is 19.1 Å². The monoisotopic (exact) mass is 128 g/mol. The van der Waals surface area contributed by atoms with Gasteiger partial charge in [0.1, 0.15) is 6.42 Å². The van der Waals surface area contributed by atoms with E-state index in [1.54, 1.807) is 0 Å². The molecule has 0 amide bonds. The molecule has 0 N–H and O–H groups in total. The molecule has 0 unspecified atom stereocenters. The van der Waals surface area contributed by atoms with E-state index in [4.69, 9.17) is 0 Å². The fourth-order valence-electron chi connectivity index (χ4n) is 0.465. The molecule has 1 aliphatic rings. The zero-order valence-electron chi connectivity index (χ0n) is 4.55. The Morgan fingerprint density at radius 3 is 2.00 bits per heavy atom. The Morgan fingerprint density at radius 2 is 1.67 bits per heavy atom. The minimum absolute atomic E-state index is 0.240. The molecule has 0 spiro atoms. The second kappa shape index (κ2) is 1.89. The number of cyclic esters (lactones) is 2. The molecule has 0 aromatic heterocycles. The van der Waals surface area contributed by atoms with Crippen molar-refractivity contribution in [3.8, 4) is 0 Å². The number of ether oxygens (including phenoxy) is 2. The normalized spacial score (nSPS) is 18.9. The molecule has 0 atom stereocenters. The molecular formula is C5H4O4. The van der Waals surface area contributed by atoms with Gasteiger partial charge in [0.25, 0.3) is 5.95 Å². The lowest BCUT2D eigenvalue weighted by Crippen LogP contribution is -2.20. The lowest BCUT2D eigenvalue weighted by molar-refractivity contribution is -0.166. The summed E-state index contributed by atoms with van der Waals surface area (Å²) in [7, 11) is 0. The third kappa shape index (κ3) is 1.28. The maximum atomic E-state index is 10.3. The molecule has 1 heterocycles. The third-order valence-corrected chi connectivity index (χ3v) is 0.744. The van der Waals surface area contributed by atoms with E-state index >= 15 is 0 Å². The molecule has 4 heteroatoms. The van der Waals surface area contributed by atoms with Crippen molar-refractivity contribution < 1.29 is 19.1 Å². The number of hydrogen-bond acceptors (Lipinski definition) is 4. The summed E-state index contributed by atoms with van der Waals surface area (Å²) in [6, 6.07) is 0. The highest BCUT2D eigenvalue weighted by Gasteiger charge is 2.21. The molecule has 0 bridgehead atoms. The second-order valence-electron chi connectivity index (χ2n) is 1.50. The van der Waals surface area contributed by atoms with Crippen molar-refractivity contribution in [1.82, 2.24) is 0 Å². The van der Waals surface area contributed by atoms with Gasteiger partial charge in [-0.3, -0.25) is 9.59 Å². The third-order valence-electron chi connectivity index (χ3n) is 0.744. The Hall–Kier alpha value is -1.32. The smallest absolute Gasteiger partial charge is 0.324 e. The maximum Gasteiger partial charge on any atom is 0.324 e. The van der Waals surface area contributed by atoms with Crippen molar-refractivity contribution in [3.05, 3.63) is 12.5 Å². The molecule has 4 nitrogen and oxygen atoms in total. The van der Waals surface area contributed by atoms with Gasteiger partial charge in [-0.05, 0) is 6.58 Å². The molecule has 0 aliphatic carbocycles.